The van der Waals surface area contributed by atoms with Gasteiger partial charge in [0, 0.05) is 12.5 Å². The van der Waals surface area contributed by atoms with Gasteiger partial charge in [-0.3, -0.25) is 0 Å². The van der Waals surface area contributed by atoms with E-state index >= 15 is 0 Å². The van der Waals surface area contributed by atoms with Crippen molar-refractivity contribution in [1.82, 2.24) is 0 Å². The maximum Gasteiger partial charge on any atom is 0.161 e. The van der Waals surface area contributed by atoms with Crippen molar-refractivity contribution in [2.24, 2.45) is 5.92 Å². The van der Waals surface area contributed by atoms with Crippen molar-refractivity contribution >= 4 is 0 Å². The molecule has 4 aromatic rings. The van der Waals surface area contributed by atoms with Crippen LogP contribution in [0.2, 0.25) is 0 Å². The van der Waals surface area contributed by atoms with Crippen LogP contribution in [0.1, 0.15) is 34.6 Å². The number of aliphatic hydroxyl groups excluding tert-OH is 1. The molecule has 0 aliphatic heterocycles. The second-order valence-electron chi connectivity index (χ2n) is 10.1. The van der Waals surface area contributed by atoms with Crippen LogP contribution in [0, 0.1) is 5.92 Å². The Morgan fingerprint density at radius 2 is 1.22 bits per heavy atom. The number of ether oxygens (including phenoxy) is 5. The van der Waals surface area contributed by atoms with E-state index in [0.717, 1.165) is 28.7 Å². The van der Waals surface area contributed by atoms with Gasteiger partial charge in [0.25, 0.3) is 0 Å². The minimum absolute atomic E-state index is 0.00853. The molecule has 0 aliphatic carbocycles. The molecule has 6 nitrogen and oxygen atoms in total. The molecule has 216 valence electrons. The lowest BCUT2D eigenvalue weighted by molar-refractivity contribution is 0.0949. The number of rotatable bonds is 16. The van der Waals surface area contributed by atoms with Gasteiger partial charge in [0.15, 0.2) is 23.0 Å². The maximum atomic E-state index is 10.4. The second kappa shape index (κ2) is 15.7. The van der Waals surface area contributed by atoms with Gasteiger partial charge in [-0.15, -0.1) is 0 Å². The topological polar surface area (TPSA) is 66.4 Å². The monoisotopic (exact) mass is 556 g/mol. The van der Waals surface area contributed by atoms with E-state index < -0.39 is 0 Å². The number of aliphatic hydroxyl groups is 1. The van der Waals surface area contributed by atoms with E-state index in [9.17, 15) is 5.11 Å². The third-order valence-corrected chi connectivity index (χ3v) is 7.18. The third-order valence-electron chi connectivity index (χ3n) is 7.18. The molecule has 0 aromatic heterocycles. The van der Waals surface area contributed by atoms with Crippen LogP contribution >= 0.6 is 0 Å². The van der Waals surface area contributed by atoms with E-state index in [1.54, 1.807) is 21.3 Å². The first-order valence-electron chi connectivity index (χ1n) is 13.9. The molecule has 2 atom stereocenters. The maximum absolute atomic E-state index is 10.4. The molecule has 41 heavy (non-hydrogen) atoms. The number of hydrogen-bond donors (Lipinski definition) is 1. The molecule has 1 N–H and O–H groups in total. The van der Waals surface area contributed by atoms with Crippen molar-refractivity contribution in [2.45, 2.75) is 32.0 Å². The number of methoxy groups -OCH3 is 3. The summed E-state index contributed by atoms with van der Waals surface area (Å²) in [5.74, 6) is 2.78. The van der Waals surface area contributed by atoms with Crippen LogP contribution in [-0.2, 0) is 24.4 Å². The Morgan fingerprint density at radius 1 is 0.610 bits per heavy atom. The van der Waals surface area contributed by atoms with Crippen molar-refractivity contribution in [1.29, 1.82) is 0 Å². The minimum atomic E-state index is 0.00853. The summed E-state index contributed by atoms with van der Waals surface area (Å²) in [5.41, 5.74) is 4.37. The zero-order valence-corrected chi connectivity index (χ0v) is 24.1. The van der Waals surface area contributed by atoms with E-state index in [4.69, 9.17) is 23.7 Å². The van der Waals surface area contributed by atoms with Crippen LogP contribution in [0.15, 0.2) is 97.1 Å². The van der Waals surface area contributed by atoms with Crippen LogP contribution in [-0.4, -0.2) is 39.6 Å². The van der Waals surface area contributed by atoms with Gasteiger partial charge >= 0.3 is 0 Å². The molecule has 6 heteroatoms. The zero-order chi connectivity index (χ0) is 28.9. The predicted octanol–water partition coefficient (Wildman–Crippen LogP) is 6.83. The highest BCUT2D eigenvalue weighted by Crippen LogP contribution is 2.35. The average Bonchev–Trinajstić information content (AvgIpc) is 3.03. The lowest BCUT2D eigenvalue weighted by atomic mass is 9.86. The summed E-state index contributed by atoms with van der Waals surface area (Å²) in [7, 11) is 4.92. The largest absolute Gasteiger partial charge is 0.493 e. The molecule has 4 aromatic carbocycles. The van der Waals surface area contributed by atoms with Crippen LogP contribution < -0.4 is 18.9 Å². The van der Waals surface area contributed by atoms with E-state index in [1.165, 1.54) is 0 Å². The molecular weight excluding hydrogens is 516 g/mol. The standard InChI is InChI=1S/C35H40O6/c1-37-32-17-15-30(21-35(32)39-3)31(25-40-23-26-10-6-4-7-11-26)19-29(22-36)18-28-14-16-33(34(20-28)38-2)41-24-27-12-8-5-9-13-27/h4-17,20-21,29,31,36H,18-19,22-25H2,1-3H3/t29-,31?/m1/s1. The minimum Gasteiger partial charge on any atom is -0.493 e. The first-order valence-corrected chi connectivity index (χ1v) is 13.9. The highest BCUT2D eigenvalue weighted by Gasteiger charge is 2.21. The van der Waals surface area contributed by atoms with Crippen LogP contribution in [0.25, 0.3) is 0 Å². The van der Waals surface area contributed by atoms with Crippen molar-refractivity contribution in [3.63, 3.8) is 0 Å². The summed E-state index contributed by atoms with van der Waals surface area (Å²) < 4.78 is 28.9. The fourth-order valence-corrected chi connectivity index (χ4v) is 4.95. The smallest absolute Gasteiger partial charge is 0.161 e. The fourth-order valence-electron chi connectivity index (χ4n) is 4.95. The molecular formula is C35H40O6. The first-order chi connectivity index (χ1) is 20.1. The van der Waals surface area contributed by atoms with Gasteiger partial charge < -0.3 is 28.8 Å². The molecule has 0 spiro atoms. The van der Waals surface area contributed by atoms with E-state index in [2.05, 4.69) is 12.1 Å². The molecule has 0 bridgehead atoms. The highest BCUT2D eigenvalue weighted by atomic mass is 16.5. The lowest BCUT2D eigenvalue weighted by Crippen LogP contribution is -2.18. The molecule has 0 heterocycles. The Labute approximate surface area is 243 Å². The molecule has 0 saturated carbocycles. The fraction of sp³-hybridized carbons (Fsp3) is 0.314. The molecule has 0 aliphatic rings. The Hall–Kier alpha value is -4.00. The second-order valence-corrected chi connectivity index (χ2v) is 10.1. The average molecular weight is 557 g/mol. The third kappa shape index (κ3) is 8.74. The first kappa shape index (κ1) is 30.0. The van der Waals surface area contributed by atoms with E-state index in [-0.39, 0.29) is 18.4 Å². The Balaban J connectivity index is 1.47. The Bertz CT molecular complexity index is 1330. The summed E-state index contributed by atoms with van der Waals surface area (Å²) in [5, 5.41) is 10.4. The van der Waals surface area contributed by atoms with Crippen LogP contribution in [0.5, 0.6) is 23.0 Å². The molecule has 0 radical (unpaired) electrons. The Morgan fingerprint density at radius 3 is 1.85 bits per heavy atom. The summed E-state index contributed by atoms with van der Waals surface area (Å²) in [4.78, 5) is 0. The normalized spacial score (nSPS) is 12.4. The SMILES string of the molecule is COc1ccc(C(COCc2ccccc2)C[C@H](CO)Cc2ccc(OCc3ccccc3)c(OC)c2)cc1OC. The van der Waals surface area contributed by atoms with Crippen molar-refractivity contribution in [3.05, 3.63) is 119 Å². The van der Waals surface area contributed by atoms with E-state index in [1.807, 2.05) is 84.9 Å². The van der Waals surface area contributed by atoms with E-state index in [0.29, 0.717) is 49.2 Å². The van der Waals surface area contributed by atoms with Gasteiger partial charge in [-0.05, 0) is 65.3 Å². The van der Waals surface area contributed by atoms with Gasteiger partial charge in [0.2, 0.25) is 0 Å². The quantitative estimate of drug-likeness (QED) is 0.163. The molecule has 0 fully saturated rings. The molecule has 0 amide bonds. The number of benzene rings is 4. The van der Waals surface area contributed by atoms with Gasteiger partial charge in [-0.1, -0.05) is 72.8 Å². The van der Waals surface area contributed by atoms with Crippen molar-refractivity contribution in [3.8, 4) is 23.0 Å². The van der Waals surface area contributed by atoms with Crippen molar-refractivity contribution in [2.75, 3.05) is 34.5 Å². The van der Waals surface area contributed by atoms with Gasteiger partial charge in [0.1, 0.15) is 6.61 Å². The Kier molecular flexibility index (Phi) is 11.5. The zero-order valence-electron chi connectivity index (χ0n) is 24.1. The van der Waals surface area contributed by atoms with Gasteiger partial charge in [-0.2, -0.15) is 0 Å². The summed E-state index contributed by atoms with van der Waals surface area (Å²) in [6, 6.07) is 32.2. The summed E-state index contributed by atoms with van der Waals surface area (Å²) >= 11 is 0. The predicted molar refractivity (Wildman–Crippen MR) is 161 cm³/mol. The molecule has 0 saturated heterocycles. The van der Waals surface area contributed by atoms with Crippen LogP contribution in [0.3, 0.4) is 0 Å². The van der Waals surface area contributed by atoms with Gasteiger partial charge in [-0.25, -0.2) is 0 Å². The number of hydrogen-bond acceptors (Lipinski definition) is 6. The lowest BCUT2D eigenvalue weighted by Gasteiger charge is -2.24. The molecule has 4 rings (SSSR count). The highest BCUT2D eigenvalue weighted by molar-refractivity contribution is 5.45. The van der Waals surface area contributed by atoms with Crippen molar-refractivity contribution < 1.29 is 28.8 Å². The summed E-state index contributed by atoms with van der Waals surface area (Å²) in [6.45, 7) is 1.55. The summed E-state index contributed by atoms with van der Waals surface area (Å²) in [6.07, 6.45) is 1.42. The molecule has 1 unspecified atom stereocenters. The van der Waals surface area contributed by atoms with Gasteiger partial charge in [0.05, 0.1) is 34.5 Å². The van der Waals surface area contributed by atoms with Crippen LogP contribution in [0.4, 0.5) is 0 Å².